The van der Waals surface area contributed by atoms with Gasteiger partial charge >= 0.3 is 0 Å². The van der Waals surface area contributed by atoms with Crippen molar-refractivity contribution in [1.29, 1.82) is 0 Å². The molecule has 2 unspecified atom stereocenters. The molecule has 94 valence electrons. The van der Waals surface area contributed by atoms with Crippen molar-refractivity contribution in [2.24, 2.45) is 0 Å². The monoisotopic (exact) mass is 236 g/mol. The van der Waals surface area contributed by atoms with Crippen LogP contribution in [0.2, 0.25) is 0 Å². The van der Waals surface area contributed by atoms with Gasteiger partial charge in [-0.15, -0.1) is 0 Å². The average molecular weight is 236 g/mol. The summed E-state index contributed by atoms with van der Waals surface area (Å²) in [6, 6.07) is 4.18. The van der Waals surface area contributed by atoms with Gasteiger partial charge in [-0.3, -0.25) is 4.79 Å². The van der Waals surface area contributed by atoms with Crippen molar-refractivity contribution >= 4 is 5.91 Å². The van der Waals surface area contributed by atoms with Crippen LogP contribution < -0.4 is 5.32 Å². The standard InChI is InChI=1S/C13H20N2O2/c1-10(5-6-11-4-3-9-17-11)15-8-7-12(14-2)13(15)16/h3-4,9-10,12,14H,5-8H2,1-2H3. The Morgan fingerprint density at radius 3 is 3.06 bits per heavy atom. The molecule has 4 heteroatoms. The summed E-state index contributed by atoms with van der Waals surface area (Å²) in [6.07, 6.45) is 4.45. The third-order valence-corrected chi connectivity index (χ3v) is 3.51. The zero-order valence-corrected chi connectivity index (χ0v) is 10.5. The fourth-order valence-corrected chi connectivity index (χ4v) is 2.37. The summed E-state index contributed by atoms with van der Waals surface area (Å²) >= 11 is 0. The molecule has 4 nitrogen and oxygen atoms in total. The molecule has 17 heavy (non-hydrogen) atoms. The number of aryl methyl sites for hydroxylation is 1. The maximum atomic E-state index is 12.0. The molecule has 1 amide bonds. The van der Waals surface area contributed by atoms with Gasteiger partial charge in [0.2, 0.25) is 5.91 Å². The van der Waals surface area contributed by atoms with Crippen molar-refractivity contribution in [3.8, 4) is 0 Å². The van der Waals surface area contributed by atoms with Gasteiger partial charge in [0.15, 0.2) is 0 Å². The second kappa shape index (κ2) is 5.36. The first kappa shape index (κ1) is 12.2. The number of carbonyl (C=O) groups excluding carboxylic acids is 1. The van der Waals surface area contributed by atoms with E-state index in [-0.39, 0.29) is 18.0 Å². The van der Waals surface area contributed by atoms with Gasteiger partial charge in [0, 0.05) is 19.0 Å². The van der Waals surface area contributed by atoms with Crippen molar-refractivity contribution in [1.82, 2.24) is 10.2 Å². The predicted octanol–water partition coefficient (Wildman–Crippen LogP) is 1.42. The van der Waals surface area contributed by atoms with E-state index in [1.165, 1.54) is 0 Å². The van der Waals surface area contributed by atoms with Gasteiger partial charge in [0.25, 0.3) is 0 Å². The molecule has 1 aromatic heterocycles. The second-order valence-corrected chi connectivity index (χ2v) is 4.63. The molecule has 2 rings (SSSR count). The highest BCUT2D eigenvalue weighted by molar-refractivity contribution is 5.84. The zero-order chi connectivity index (χ0) is 12.3. The van der Waals surface area contributed by atoms with Crippen LogP contribution in [0.25, 0.3) is 0 Å². The lowest BCUT2D eigenvalue weighted by Gasteiger charge is -2.24. The largest absolute Gasteiger partial charge is 0.469 e. The Bertz CT molecular complexity index is 362. The Labute approximate surface area is 102 Å². The SMILES string of the molecule is CNC1CCN(C(C)CCc2ccco2)C1=O. The Hall–Kier alpha value is -1.29. The first-order valence-corrected chi connectivity index (χ1v) is 6.22. The third kappa shape index (κ3) is 2.69. The lowest BCUT2D eigenvalue weighted by Crippen LogP contribution is -2.40. The fourth-order valence-electron chi connectivity index (χ4n) is 2.37. The number of hydrogen-bond donors (Lipinski definition) is 1. The number of furan rings is 1. The number of carbonyl (C=O) groups is 1. The molecule has 0 saturated carbocycles. The van der Waals surface area contributed by atoms with E-state index in [0.29, 0.717) is 0 Å². The fraction of sp³-hybridized carbons (Fsp3) is 0.615. The van der Waals surface area contributed by atoms with E-state index in [1.54, 1.807) is 6.26 Å². The normalized spacial score (nSPS) is 22.1. The highest BCUT2D eigenvalue weighted by atomic mass is 16.3. The highest BCUT2D eigenvalue weighted by Crippen LogP contribution is 2.17. The minimum Gasteiger partial charge on any atom is -0.469 e. The molecule has 0 radical (unpaired) electrons. The Kier molecular flexibility index (Phi) is 3.84. The van der Waals surface area contributed by atoms with Gasteiger partial charge in [-0.1, -0.05) is 0 Å². The van der Waals surface area contributed by atoms with E-state index < -0.39 is 0 Å². The Balaban J connectivity index is 1.84. The van der Waals surface area contributed by atoms with Gasteiger partial charge < -0.3 is 14.6 Å². The smallest absolute Gasteiger partial charge is 0.240 e. The van der Waals surface area contributed by atoms with Crippen molar-refractivity contribution in [3.05, 3.63) is 24.2 Å². The molecule has 0 aliphatic carbocycles. The Morgan fingerprint density at radius 1 is 1.65 bits per heavy atom. The van der Waals surface area contributed by atoms with E-state index in [9.17, 15) is 4.79 Å². The van der Waals surface area contributed by atoms with Crippen LogP contribution in [0, 0.1) is 0 Å². The first-order chi connectivity index (χ1) is 8.22. The van der Waals surface area contributed by atoms with Gasteiger partial charge in [-0.25, -0.2) is 0 Å². The molecule has 0 aromatic carbocycles. The van der Waals surface area contributed by atoms with Gasteiger partial charge in [0.05, 0.1) is 12.3 Å². The van der Waals surface area contributed by atoms with E-state index in [1.807, 2.05) is 24.1 Å². The quantitative estimate of drug-likeness (QED) is 0.841. The van der Waals surface area contributed by atoms with Gasteiger partial charge in [-0.2, -0.15) is 0 Å². The number of rotatable bonds is 5. The lowest BCUT2D eigenvalue weighted by molar-refractivity contribution is -0.131. The number of likely N-dealkylation sites (N-methyl/N-ethyl adjacent to an activating group) is 1. The van der Waals surface area contributed by atoms with Crippen LogP contribution in [0.15, 0.2) is 22.8 Å². The second-order valence-electron chi connectivity index (χ2n) is 4.63. The summed E-state index contributed by atoms with van der Waals surface area (Å²) in [5.41, 5.74) is 0. The number of hydrogen-bond acceptors (Lipinski definition) is 3. The van der Waals surface area contributed by atoms with Crippen LogP contribution in [0.3, 0.4) is 0 Å². The number of likely N-dealkylation sites (tertiary alicyclic amines) is 1. The molecule has 1 aromatic rings. The number of nitrogens with one attached hydrogen (secondary N) is 1. The highest BCUT2D eigenvalue weighted by Gasteiger charge is 2.32. The average Bonchev–Trinajstić information content (AvgIpc) is 2.95. The summed E-state index contributed by atoms with van der Waals surface area (Å²) in [5, 5.41) is 3.06. The molecular weight excluding hydrogens is 216 g/mol. The van der Waals surface area contributed by atoms with Gasteiger partial charge in [0.1, 0.15) is 5.76 Å². The molecule has 2 atom stereocenters. The van der Waals surface area contributed by atoms with Crippen LogP contribution in [-0.2, 0) is 11.2 Å². The maximum absolute atomic E-state index is 12.0. The molecule has 1 N–H and O–H groups in total. The van der Waals surface area contributed by atoms with Crippen molar-refractivity contribution in [2.75, 3.05) is 13.6 Å². The molecule has 2 heterocycles. The maximum Gasteiger partial charge on any atom is 0.240 e. The van der Waals surface area contributed by atoms with E-state index >= 15 is 0 Å². The molecule has 1 aliphatic rings. The summed E-state index contributed by atoms with van der Waals surface area (Å²) in [7, 11) is 1.85. The minimum absolute atomic E-state index is 0.0149. The predicted molar refractivity (Wildman–Crippen MR) is 65.7 cm³/mol. The molecule has 0 spiro atoms. The summed E-state index contributed by atoms with van der Waals surface area (Å²) in [4.78, 5) is 14.0. The van der Waals surface area contributed by atoms with E-state index in [4.69, 9.17) is 4.42 Å². The van der Waals surface area contributed by atoms with E-state index in [0.717, 1.165) is 31.6 Å². The molecule has 1 aliphatic heterocycles. The topological polar surface area (TPSA) is 45.5 Å². The summed E-state index contributed by atoms with van der Waals surface area (Å²) in [6.45, 7) is 2.97. The molecule has 1 fully saturated rings. The van der Waals surface area contributed by atoms with Crippen molar-refractivity contribution in [2.45, 2.75) is 38.3 Å². The summed E-state index contributed by atoms with van der Waals surface area (Å²) < 4.78 is 5.30. The van der Waals surface area contributed by atoms with Gasteiger partial charge in [-0.05, 0) is 38.9 Å². The van der Waals surface area contributed by atoms with Crippen LogP contribution in [-0.4, -0.2) is 36.5 Å². The van der Waals surface area contributed by atoms with Crippen molar-refractivity contribution < 1.29 is 9.21 Å². The van der Waals surface area contributed by atoms with Crippen LogP contribution in [0.5, 0.6) is 0 Å². The first-order valence-electron chi connectivity index (χ1n) is 6.22. The molecule has 1 saturated heterocycles. The molecular formula is C13H20N2O2. The van der Waals surface area contributed by atoms with Crippen LogP contribution in [0.1, 0.15) is 25.5 Å². The zero-order valence-electron chi connectivity index (χ0n) is 10.5. The Morgan fingerprint density at radius 2 is 2.47 bits per heavy atom. The van der Waals surface area contributed by atoms with Crippen LogP contribution in [0.4, 0.5) is 0 Å². The summed E-state index contributed by atoms with van der Waals surface area (Å²) in [5.74, 6) is 1.23. The third-order valence-electron chi connectivity index (χ3n) is 3.51. The number of amides is 1. The minimum atomic E-state index is 0.0149. The number of nitrogens with zero attached hydrogens (tertiary/aromatic N) is 1. The van der Waals surface area contributed by atoms with E-state index in [2.05, 4.69) is 12.2 Å². The molecule has 0 bridgehead atoms. The van der Waals surface area contributed by atoms with Crippen LogP contribution >= 0.6 is 0 Å². The lowest BCUT2D eigenvalue weighted by atomic mass is 10.1. The van der Waals surface area contributed by atoms with Crippen molar-refractivity contribution in [3.63, 3.8) is 0 Å².